The summed E-state index contributed by atoms with van der Waals surface area (Å²) < 4.78 is 31.7. The van der Waals surface area contributed by atoms with Crippen molar-refractivity contribution in [1.29, 1.82) is 0 Å². The average Bonchev–Trinajstić information content (AvgIpc) is 2.75. The van der Waals surface area contributed by atoms with Gasteiger partial charge >= 0.3 is 12.1 Å². The van der Waals surface area contributed by atoms with Crippen LogP contribution in [0, 0.1) is 10.8 Å². The topological polar surface area (TPSA) is 108 Å². The Balaban J connectivity index is 0.000000509. The summed E-state index contributed by atoms with van der Waals surface area (Å²) in [5.41, 5.74) is -0.639. The molecule has 7 nitrogen and oxygen atoms in total. The Hall–Kier alpha value is -2.10. The number of nitrogens with one attached hydrogen (secondary N) is 3. The number of hydrogen-bond donors (Lipinski definition) is 4. The maximum atomic E-state index is 13.2. The Bertz CT molecular complexity index is 753. The summed E-state index contributed by atoms with van der Waals surface area (Å²) in [7, 11) is 0. The van der Waals surface area contributed by atoms with Gasteiger partial charge in [0.2, 0.25) is 11.8 Å². The zero-order valence-electron chi connectivity index (χ0n) is 20.2. The molecular formula is C24H38F3N3O4. The first-order chi connectivity index (χ1) is 15.8. The molecule has 2 fully saturated rings. The zero-order chi connectivity index (χ0) is 25.5. The summed E-state index contributed by atoms with van der Waals surface area (Å²) in [5.74, 6) is -2.46. The maximum absolute atomic E-state index is 13.2. The molecule has 0 unspecified atom stereocenters. The van der Waals surface area contributed by atoms with Gasteiger partial charge in [0.1, 0.15) is 0 Å². The van der Waals surface area contributed by atoms with Crippen molar-refractivity contribution < 1.29 is 32.7 Å². The lowest BCUT2D eigenvalue weighted by atomic mass is 9.74. The first-order valence-corrected chi connectivity index (χ1v) is 12.0. The molecule has 4 N–H and O–H groups in total. The summed E-state index contributed by atoms with van der Waals surface area (Å²) in [6.07, 6.45) is 8.62. The van der Waals surface area contributed by atoms with Gasteiger partial charge < -0.3 is 21.1 Å². The van der Waals surface area contributed by atoms with E-state index < -0.39 is 12.1 Å². The number of carboxylic acids is 1. The van der Waals surface area contributed by atoms with Gasteiger partial charge in [-0.3, -0.25) is 9.59 Å². The van der Waals surface area contributed by atoms with E-state index in [4.69, 9.17) is 9.90 Å². The minimum atomic E-state index is -5.08. The molecular weight excluding hydrogens is 451 g/mol. The number of halogens is 3. The Labute approximate surface area is 199 Å². The van der Waals surface area contributed by atoms with Crippen LogP contribution in [0.3, 0.4) is 0 Å². The van der Waals surface area contributed by atoms with E-state index in [-0.39, 0.29) is 28.2 Å². The van der Waals surface area contributed by atoms with E-state index in [0.29, 0.717) is 13.0 Å². The molecule has 2 spiro atoms. The summed E-state index contributed by atoms with van der Waals surface area (Å²) >= 11 is 0. The predicted octanol–water partition coefficient (Wildman–Crippen LogP) is 3.69. The third-order valence-corrected chi connectivity index (χ3v) is 7.07. The van der Waals surface area contributed by atoms with E-state index in [1.54, 1.807) is 0 Å². The number of amides is 2. The van der Waals surface area contributed by atoms with Crippen LogP contribution in [0.1, 0.15) is 78.1 Å². The monoisotopic (exact) mass is 489 g/mol. The molecule has 1 saturated heterocycles. The highest BCUT2D eigenvalue weighted by Crippen LogP contribution is 2.36. The Morgan fingerprint density at radius 1 is 0.971 bits per heavy atom. The quantitative estimate of drug-likeness (QED) is 0.388. The number of carbonyl (C=O) groups is 3. The molecule has 194 valence electrons. The number of alkyl halides is 3. The van der Waals surface area contributed by atoms with Crippen LogP contribution in [0.2, 0.25) is 0 Å². The second-order valence-corrected chi connectivity index (χ2v) is 10.6. The van der Waals surface area contributed by atoms with Crippen molar-refractivity contribution in [2.75, 3.05) is 19.6 Å². The number of aliphatic carboxylic acids is 1. The molecule has 0 bridgehead atoms. The SMILES string of the molecule is CC1(C)C/C=C/CC2(CCNCC2)C(=O)NCC2(CCCCC2)NC(=O)C1.O=C(O)C(F)(F)F. The highest BCUT2D eigenvalue weighted by molar-refractivity contribution is 5.83. The normalized spacial score (nSPS) is 25.9. The second kappa shape index (κ2) is 11.6. The lowest BCUT2D eigenvalue weighted by Gasteiger charge is -2.41. The van der Waals surface area contributed by atoms with Crippen molar-refractivity contribution in [3.63, 3.8) is 0 Å². The predicted molar refractivity (Wildman–Crippen MR) is 122 cm³/mol. The number of hydrogen-bond acceptors (Lipinski definition) is 4. The summed E-state index contributed by atoms with van der Waals surface area (Å²) in [4.78, 5) is 34.9. The highest BCUT2D eigenvalue weighted by Gasteiger charge is 2.41. The van der Waals surface area contributed by atoms with Gasteiger partial charge in [0.25, 0.3) is 0 Å². The first kappa shape index (κ1) is 28.1. The number of carbonyl (C=O) groups excluding carboxylic acids is 2. The highest BCUT2D eigenvalue weighted by atomic mass is 19.4. The van der Waals surface area contributed by atoms with Crippen molar-refractivity contribution >= 4 is 17.8 Å². The van der Waals surface area contributed by atoms with Crippen LogP contribution in [0.25, 0.3) is 0 Å². The van der Waals surface area contributed by atoms with E-state index >= 15 is 0 Å². The lowest BCUT2D eigenvalue weighted by Crippen LogP contribution is -2.59. The fourth-order valence-corrected chi connectivity index (χ4v) is 5.00. The third kappa shape index (κ3) is 8.29. The van der Waals surface area contributed by atoms with Crippen molar-refractivity contribution in [2.45, 2.75) is 89.8 Å². The standard InChI is InChI=1S/C22H37N3O2.C2HF3O2/c1-20(2)8-6-7-9-21(12-14-23-15-13-21)19(27)24-17-22(25-18(26)16-20)10-4-3-5-11-22;3-2(4,5)1(6)7/h6-7,23H,3-5,8-17H2,1-2H3,(H,24,27)(H,25,26);(H,6,7)/b7-6+;. The second-order valence-electron chi connectivity index (χ2n) is 10.6. The summed E-state index contributed by atoms with van der Waals surface area (Å²) in [6, 6.07) is 0. The fourth-order valence-electron chi connectivity index (χ4n) is 5.00. The van der Waals surface area contributed by atoms with Crippen LogP contribution in [0.4, 0.5) is 13.2 Å². The molecule has 1 aliphatic carbocycles. The largest absolute Gasteiger partial charge is 0.490 e. The van der Waals surface area contributed by atoms with Crippen molar-refractivity contribution in [2.24, 2.45) is 10.8 Å². The molecule has 2 aliphatic heterocycles. The van der Waals surface area contributed by atoms with Crippen molar-refractivity contribution in [1.82, 2.24) is 16.0 Å². The van der Waals surface area contributed by atoms with Gasteiger partial charge in [-0.15, -0.1) is 0 Å². The maximum Gasteiger partial charge on any atom is 0.490 e. The molecule has 3 aliphatic rings. The van der Waals surface area contributed by atoms with Crippen LogP contribution in [0.5, 0.6) is 0 Å². The van der Waals surface area contributed by atoms with Gasteiger partial charge in [-0.2, -0.15) is 13.2 Å². The molecule has 0 aromatic carbocycles. The van der Waals surface area contributed by atoms with E-state index in [9.17, 15) is 22.8 Å². The molecule has 0 aromatic rings. The van der Waals surface area contributed by atoms with E-state index in [1.165, 1.54) is 6.42 Å². The zero-order valence-corrected chi connectivity index (χ0v) is 20.2. The van der Waals surface area contributed by atoms with Crippen LogP contribution >= 0.6 is 0 Å². The van der Waals surface area contributed by atoms with Crippen LogP contribution < -0.4 is 16.0 Å². The van der Waals surface area contributed by atoms with Crippen LogP contribution in [0.15, 0.2) is 12.2 Å². The molecule has 0 atom stereocenters. The average molecular weight is 490 g/mol. The van der Waals surface area contributed by atoms with Gasteiger partial charge in [-0.25, -0.2) is 4.79 Å². The number of rotatable bonds is 0. The summed E-state index contributed by atoms with van der Waals surface area (Å²) in [6.45, 7) is 6.68. The number of piperidine rings is 1. The molecule has 2 heterocycles. The minimum Gasteiger partial charge on any atom is -0.475 e. The smallest absolute Gasteiger partial charge is 0.475 e. The molecule has 0 aromatic heterocycles. The molecule has 0 radical (unpaired) electrons. The van der Waals surface area contributed by atoms with E-state index in [1.807, 2.05) is 0 Å². The summed E-state index contributed by atoms with van der Waals surface area (Å²) in [5, 5.41) is 17.1. The minimum absolute atomic E-state index is 0.0663. The van der Waals surface area contributed by atoms with Gasteiger partial charge in [-0.05, 0) is 57.0 Å². The van der Waals surface area contributed by atoms with Gasteiger partial charge in [-0.1, -0.05) is 45.3 Å². The van der Waals surface area contributed by atoms with E-state index in [0.717, 1.165) is 64.5 Å². The Morgan fingerprint density at radius 2 is 1.53 bits per heavy atom. The van der Waals surface area contributed by atoms with Gasteiger partial charge in [0, 0.05) is 13.0 Å². The van der Waals surface area contributed by atoms with E-state index in [2.05, 4.69) is 41.9 Å². The number of carboxylic acid groups (broad SMARTS) is 1. The first-order valence-electron chi connectivity index (χ1n) is 12.0. The lowest BCUT2D eigenvalue weighted by molar-refractivity contribution is -0.192. The number of allylic oxidation sites excluding steroid dienone is 2. The third-order valence-electron chi connectivity index (χ3n) is 7.07. The van der Waals surface area contributed by atoms with Crippen molar-refractivity contribution in [3.05, 3.63) is 12.2 Å². The fraction of sp³-hybridized carbons (Fsp3) is 0.792. The van der Waals surface area contributed by atoms with Gasteiger partial charge in [0.15, 0.2) is 0 Å². The Kier molecular flexibility index (Phi) is 9.56. The van der Waals surface area contributed by atoms with Crippen molar-refractivity contribution in [3.8, 4) is 0 Å². The Morgan fingerprint density at radius 3 is 2.09 bits per heavy atom. The molecule has 1 saturated carbocycles. The van der Waals surface area contributed by atoms with Crippen LogP contribution in [-0.2, 0) is 14.4 Å². The molecule has 10 heteroatoms. The molecule has 34 heavy (non-hydrogen) atoms. The molecule has 2 amide bonds. The van der Waals surface area contributed by atoms with Gasteiger partial charge in [0.05, 0.1) is 11.0 Å². The molecule has 3 rings (SSSR count). The van der Waals surface area contributed by atoms with Crippen LogP contribution in [-0.4, -0.2) is 54.2 Å².